The molecule has 7 nitrogen and oxygen atoms in total. The second kappa shape index (κ2) is 5.30. The zero-order valence-corrected chi connectivity index (χ0v) is 11.5. The van der Waals surface area contributed by atoms with Crippen LogP contribution < -0.4 is 0 Å². The van der Waals surface area contributed by atoms with E-state index in [9.17, 15) is 13.2 Å². The molecule has 19 heavy (non-hydrogen) atoms. The lowest BCUT2D eigenvalue weighted by atomic mass is 10.5. The maximum absolute atomic E-state index is 12.2. The van der Waals surface area contributed by atoms with Crippen LogP contribution >= 0.6 is 0 Å². The first-order valence-electron chi connectivity index (χ1n) is 6.07. The van der Waals surface area contributed by atoms with Crippen LogP contribution in [0, 0.1) is 0 Å². The number of carboxylic acid groups (broad SMARTS) is 1. The molecule has 0 bridgehead atoms. The molecule has 1 aromatic rings. The number of hydrogen-bond donors (Lipinski definition) is 1. The molecule has 1 heterocycles. The van der Waals surface area contributed by atoms with E-state index < -0.39 is 16.0 Å². The number of aromatic nitrogens is 2. The Balaban J connectivity index is 2.11. The molecule has 1 aromatic heterocycles. The third kappa shape index (κ3) is 3.54. The normalized spacial score (nSPS) is 15.9. The second-order valence-corrected chi connectivity index (χ2v) is 6.73. The van der Waals surface area contributed by atoms with Gasteiger partial charge in [0.25, 0.3) is 0 Å². The van der Waals surface area contributed by atoms with E-state index in [2.05, 4.69) is 4.98 Å². The number of imidazole rings is 1. The van der Waals surface area contributed by atoms with E-state index in [1.165, 1.54) is 4.31 Å². The summed E-state index contributed by atoms with van der Waals surface area (Å²) in [6.45, 7) is 0.204. The minimum Gasteiger partial charge on any atom is -0.481 e. The maximum Gasteiger partial charge on any atom is 0.304 e. The van der Waals surface area contributed by atoms with Crippen molar-refractivity contribution in [3.05, 3.63) is 18.2 Å². The van der Waals surface area contributed by atoms with Crippen LogP contribution in [0.25, 0.3) is 0 Å². The standard InChI is InChI=1S/C11H17N3O4S/c1-13-6-5-12-10(13)8-14(9-2-3-9)19(17,18)7-4-11(15)16/h5-6,9H,2-4,7-8H2,1H3,(H,15,16). The van der Waals surface area contributed by atoms with Crippen molar-refractivity contribution in [3.8, 4) is 0 Å². The average molecular weight is 287 g/mol. The summed E-state index contributed by atoms with van der Waals surface area (Å²) in [5.41, 5.74) is 0. The summed E-state index contributed by atoms with van der Waals surface area (Å²) in [4.78, 5) is 14.6. The number of carboxylic acids is 1. The van der Waals surface area contributed by atoms with Gasteiger partial charge in [-0.1, -0.05) is 0 Å². The van der Waals surface area contributed by atoms with Crippen LogP contribution in [0.2, 0.25) is 0 Å². The molecule has 106 valence electrons. The Labute approximate surface area is 111 Å². The van der Waals surface area contributed by atoms with E-state index in [4.69, 9.17) is 5.11 Å². The van der Waals surface area contributed by atoms with Crippen molar-refractivity contribution in [2.45, 2.75) is 31.8 Å². The van der Waals surface area contributed by atoms with Crippen LogP contribution in [-0.2, 0) is 28.4 Å². The van der Waals surface area contributed by atoms with Crippen molar-refractivity contribution in [1.29, 1.82) is 0 Å². The molecule has 0 radical (unpaired) electrons. The predicted octanol–water partition coefficient (Wildman–Crippen LogP) is 0.189. The lowest BCUT2D eigenvalue weighted by Crippen LogP contribution is -2.35. The molecule has 8 heteroatoms. The summed E-state index contributed by atoms with van der Waals surface area (Å²) in [6, 6.07) is -0.00417. The molecule has 0 atom stereocenters. The highest BCUT2D eigenvalue weighted by Crippen LogP contribution is 2.30. The second-order valence-electron chi connectivity index (χ2n) is 4.69. The molecule has 1 aliphatic rings. The summed E-state index contributed by atoms with van der Waals surface area (Å²) in [5, 5.41) is 8.61. The molecule has 2 rings (SSSR count). The first-order valence-corrected chi connectivity index (χ1v) is 7.68. The van der Waals surface area contributed by atoms with Gasteiger partial charge in [0.2, 0.25) is 10.0 Å². The van der Waals surface area contributed by atoms with Gasteiger partial charge in [0.05, 0.1) is 18.7 Å². The number of sulfonamides is 1. The van der Waals surface area contributed by atoms with Crippen molar-refractivity contribution in [3.63, 3.8) is 0 Å². The van der Waals surface area contributed by atoms with Crippen LogP contribution in [0.15, 0.2) is 12.4 Å². The van der Waals surface area contributed by atoms with Crippen molar-refractivity contribution in [1.82, 2.24) is 13.9 Å². The smallest absolute Gasteiger partial charge is 0.304 e. The first kappa shape index (κ1) is 14.0. The lowest BCUT2D eigenvalue weighted by Gasteiger charge is -2.21. The Kier molecular flexibility index (Phi) is 3.91. The van der Waals surface area contributed by atoms with Crippen molar-refractivity contribution < 1.29 is 18.3 Å². The number of hydrogen-bond acceptors (Lipinski definition) is 4. The SMILES string of the molecule is Cn1ccnc1CN(C1CC1)S(=O)(=O)CCC(=O)O. The van der Waals surface area contributed by atoms with E-state index in [1.807, 2.05) is 0 Å². The van der Waals surface area contributed by atoms with Gasteiger partial charge in [0, 0.05) is 25.5 Å². The van der Waals surface area contributed by atoms with E-state index in [-0.39, 0.29) is 24.8 Å². The minimum absolute atomic E-state index is 0.00417. The summed E-state index contributed by atoms with van der Waals surface area (Å²) in [6.07, 6.45) is 4.66. The van der Waals surface area contributed by atoms with Gasteiger partial charge in [-0.2, -0.15) is 4.31 Å². The molecule has 1 fully saturated rings. The topological polar surface area (TPSA) is 92.5 Å². The number of aliphatic carboxylic acids is 1. The van der Waals surface area contributed by atoms with Crippen molar-refractivity contribution in [2.24, 2.45) is 7.05 Å². The fourth-order valence-corrected chi connectivity index (χ4v) is 3.48. The summed E-state index contributed by atoms with van der Waals surface area (Å²) in [7, 11) is -1.75. The monoisotopic (exact) mass is 287 g/mol. The Morgan fingerprint density at radius 2 is 2.26 bits per heavy atom. The molecule has 0 saturated heterocycles. The zero-order chi connectivity index (χ0) is 14.0. The molecule has 0 amide bonds. The van der Waals surface area contributed by atoms with Gasteiger partial charge < -0.3 is 9.67 Å². The van der Waals surface area contributed by atoms with Crippen molar-refractivity contribution >= 4 is 16.0 Å². The maximum atomic E-state index is 12.2. The molecule has 1 aliphatic carbocycles. The van der Waals surface area contributed by atoms with E-state index in [0.29, 0.717) is 5.82 Å². The highest BCUT2D eigenvalue weighted by Gasteiger charge is 2.37. The molecule has 1 N–H and O–H groups in total. The predicted molar refractivity (Wildman–Crippen MR) is 67.8 cm³/mol. The van der Waals surface area contributed by atoms with Gasteiger partial charge in [-0.25, -0.2) is 13.4 Å². The quantitative estimate of drug-likeness (QED) is 0.772. The number of carbonyl (C=O) groups is 1. The van der Waals surface area contributed by atoms with Gasteiger partial charge in [-0.3, -0.25) is 4.79 Å². The Morgan fingerprint density at radius 1 is 1.58 bits per heavy atom. The zero-order valence-electron chi connectivity index (χ0n) is 10.7. The van der Waals surface area contributed by atoms with Crippen LogP contribution in [0.4, 0.5) is 0 Å². The largest absolute Gasteiger partial charge is 0.481 e. The molecule has 1 saturated carbocycles. The lowest BCUT2D eigenvalue weighted by molar-refractivity contribution is -0.136. The Bertz CT molecular complexity index is 562. The van der Waals surface area contributed by atoms with Crippen LogP contribution in [0.3, 0.4) is 0 Å². The van der Waals surface area contributed by atoms with Gasteiger partial charge in [0.1, 0.15) is 5.82 Å². The number of aryl methyl sites for hydroxylation is 1. The average Bonchev–Trinajstić information content (AvgIpc) is 3.08. The van der Waals surface area contributed by atoms with Crippen molar-refractivity contribution in [2.75, 3.05) is 5.75 Å². The summed E-state index contributed by atoms with van der Waals surface area (Å²) in [5.74, 6) is -0.800. The fraction of sp³-hybridized carbons (Fsp3) is 0.636. The molecule has 0 unspecified atom stereocenters. The third-order valence-corrected chi connectivity index (χ3v) is 4.97. The van der Waals surface area contributed by atoms with Gasteiger partial charge in [0.15, 0.2) is 0 Å². The van der Waals surface area contributed by atoms with Crippen LogP contribution in [0.5, 0.6) is 0 Å². The Morgan fingerprint density at radius 3 is 2.74 bits per heavy atom. The van der Waals surface area contributed by atoms with Crippen LogP contribution in [-0.4, -0.2) is 45.1 Å². The molecule has 0 aliphatic heterocycles. The summed E-state index contributed by atoms with van der Waals surface area (Å²) < 4.78 is 27.5. The first-order chi connectivity index (χ1) is 8.90. The fourth-order valence-electron chi connectivity index (χ4n) is 1.84. The van der Waals surface area contributed by atoms with E-state index in [1.54, 1.807) is 24.0 Å². The molecule has 0 aromatic carbocycles. The van der Waals surface area contributed by atoms with Gasteiger partial charge >= 0.3 is 5.97 Å². The molecule has 0 spiro atoms. The number of rotatable bonds is 7. The van der Waals surface area contributed by atoms with Gasteiger partial charge in [-0.05, 0) is 12.8 Å². The van der Waals surface area contributed by atoms with E-state index in [0.717, 1.165) is 12.8 Å². The van der Waals surface area contributed by atoms with Gasteiger partial charge in [-0.15, -0.1) is 0 Å². The third-order valence-electron chi connectivity index (χ3n) is 3.10. The molecular formula is C11H17N3O4S. The van der Waals surface area contributed by atoms with E-state index >= 15 is 0 Å². The highest BCUT2D eigenvalue weighted by atomic mass is 32.2. The Hall–Kier alpha value is -1.41. The molecular weight excluding hydrogens is 270 g/mol. The van der Waals surface area contributed by atoms with Crippen LogP contribution in [0.1, 0.15) is 25.1 Å². The highest BCUT2D eigenvalue weighted by molar-refractivity contribution is 7.89. The minimum atomic E-state index is -3.55. The summed E-state index contributed by atoms with van der Waals surface area (Å²) >= 11 is 0. The number of nitrogens with zero attached hydrogens (tertiary/aromatic N) is 3.